The Labute approximate surface area is 108 Å². The van der Waals surface area contributed by atoms with E-state index in [0.29, 0.717) is 29.9 Å². The molecule has 0 saturated heterocycles. The molecule has 2 N–H and O–H groups in total. The quantitative estimate of drug-likeness (QED) is 0.636. The molecule has 1 saturated carbocycles. The summed E-state index contributed by atoms with van der Waals surface area (Å²) in [5.41, 5.74) is 0.584. The zero-order chi connectivity index (χ0) is 13.2. The third kappa shape index (κ3) is 2.76. The number of quaternary nitrogens is 1. The molecule has 1 fully saturated rings. The molecule has 0 unspecified atom stereocenters. The lowest BCUT2D eigenvalue weighted by molar-refractivity contribution is -0.686. The molecule has 1 aromatic heterocycles. The van der Waals surface area contributed by atoms with E-state index in [1.807, 2.05) is 0 Å². The third-order valence-corrected chi connectivity index (χ3v) is 3.02. The van der Waals surface area contributed by atoms with Crippen molar-refractivity contribution in [2.75, 3.05) is 0 Å². The summed E-state index contributed by atoms with van der Waals surface area (Å²) in [6.07, 6.45) is 2.48. The van der Waals surface area contributed by atoms with Crippen LogP contribution >= 0.6 is 0 Å². The molecule has 0 spiro atoms. The molecular formula is C12H13N4O3+. The fraction of sp³-hybridized carbons (Fsp3) is 0.333. The Morgan fingerprint density at radius 1 is 1.42 bits per heavy atom. The lowest BCUT2D eigenvalue weighted by Crippen LogP contribution is -2.84. The number of hydrogen-bond donors (Lipinski definition) is 1. The van der Waals surface area contributed by atoms with Gasteiger partial charge >= 0.3 is 0 Å². The summed E-state index contributed by atoms with van der Waals surface area (Å²) in [5.74, 6) is 0.872. The monoisotopic (exact) mass is 261 g/mol. The lowest BCUT2D eigenvalue weighted by atomic mass is 10.2. The Bertz CT molecular complexity index is 607. The summed E-state index contributed by atoms with van der Waals surface area (Å²) < 4.78 is 5.51. The van der Waals surface area contributed by atoms with Crippen LogP contribution < -0.4 is 5.32 Å². The second-order valence-electron chi connectivity index (χ2n) is 4.59. The molecule has 7 nitrogen and oxygen atoms in total. The van der Waals surface area contributed by atoms with Crippen molar-refractivity contribution in [2.45, 2.75) is 25.4 Å². The highest BCUT2D eigenvalue weighted by Crippen LogP contribution is 2.22. The summed E-state index contributed by atoms with van der Waals surface area (Å²) in [5, 5.41) is 20.8. The largest absolute Gasteiger partial charge is 0.415 e. The minimum Gasteiger partial charge on any atom is -0.415 e. The highest BCUT2D eigenvalue weighted by Gasteiger charge is 2.25. The summed E-state index contributed by atoms with van der Waals surface area (Å²) in [6.45, 7) is 0.659. The molecule has 98 valence electrons. The van der Waals surface area contributed by atoms with Crippen LogP contribution in [0.4, 0.5) is 5.69 Å². The number of nitrogens with zero attached hydrogens (tertiary/aromatic N) is 3. The van der Waals surface area contributed by atoms with Gasteiger partial charge in [-0.1, -0.05) is 6.07 Å². The summed E-state index contributed by atoms with van der Waals surface area (Å²) in [4.78, 5) is 10.3. The number of nitro groups is 1. The van der Waals surface area contributed by atoms with Crippen molar-refractivity contribution in [2.24, 2.45) is 0 Å². The minimum absolute atomic E-state index is 0.0155. The van der Waals surface area contributed by atoms with Crippen LogP contribution in [0.5, 0.6) is 0 Å². The maximum Gasteiger partial charge on any atom is 0.271 e. The van der Waals surface area contributed by atoms with E-state index in [9.17, 15) is 10.1 Å². The van der Waals surface area contributed by atoms with Crippen molar-refractivity contribution in [3.8, 4) is 11.5 Å². The Hall–Kier alpha value is -2.28. The highest BCUT2D eigenvalue weighted by atomic mass is 16.6. The second kappa shape index (κ2) is 4.77. The molecule has 1 aliphatic carbocycles. The first-order chi connectivity index (χ1) is 9.22. The summed E-state index contributed by atoms with van der Waals surface area (Å²) >= 11 is 0. The van der Waals surface area contributed by atoms with Gasteiger partial charge in [0.15, 0.2) is 6.54 Å². The van der Waals surface area contributed by atoms with Crippen LogP contribution in [-0.4, -0.2) is 21.2 Å². The number of rotatable bonds is 5. The van der Waals surface area contributed by atoms with Gasteiger partial charge in [-0.05, 0) is 6.07 Å². The van der Waals surface area contributed by atoms with Crippen LogP contribution in [0.2, 0.25) is 0 Å². The van der Waals surface area contributed by atoms with Gasteiger partial charge < -0.3 is 9.73 Å². The van der Waals surface area contributed by atoms with Crippen molar-refractivity contribution in [1.29, 1.82) is 0 Å². The first kappa shape index (κ1) is 11.8. The number of nitro benzene ring substituents is 1. The van der Waals surface area contributed by atoms with E-state index in [0.717, 1.165) is 0 Å². The Morgan fingerprint density at radius 3 is 3.00 bits per heavy atom. The molecule has 7 heteroatoms. The van der Waals surface area contributed by atoms with Crippen LogP contribution in [0.3, 0.4) is 0 Å². The number of hydrogen-bond acceptors (Lipinski definition) is 5. The van der Waals surface area contributed by atoms with E-state index in [1.165, 1.54) is 25.0 Å². The molecule has 1 heterocycles. The van der Waals surface area contributed by atoms with E-state index in [1.54, 1.807) is 12.1 Å². The predicted molar refractivity (Wildman–Crippen MR) is 65.0 cm³/mol. The topological polar surface area (TPSA) is 98.7 Å². The van der Waals surface area contributed by atoms with Crippen molar-refractivity contribution >= 4 is 5.69 Å². The van der Waals surface area contributed by atoms with E-state index >= 15 is 0 Å². The second-order valence-corrected chi connectivity index (χ2v) is 4.59. The molecule has 0 atom stereocenters. The van der Waals surface area contributed by atoms with E-state index < -0.39 is 4.92 Å². The predicted octanol–water partition coefficient (Wildman–Crippen LogP) is 0.871. The molecule has 1 aromatic carbocycles. The van der Waals surface area contributed by atoms with Gasteiger partial charge in [0.1, 0.15) is 0 Å². The van der Waals surface area contributed by atoms with E-state index in [4.69, 9.17) is 4.42 Å². The SMILES string of the molecule is O=[N+]([O-])c1cccc(-c2nnc(C[NH2+]C3CC3)o2)c1. The molecule has 0 bridgehead atoms. The van der Waals surface area contributed by atoms with Gasteiger partial charge in [0.2, 0.25) is 5.89 Å². The molecule has 2 aromatic rings. The molecule has 0 aliphatic heterocycles. The van der Waals surface area contributed by atoms with Gasteiger partial charge in [0.25, 0.3) is 11.6 Å². The number of aromatic nitrogens is 2. The summed E-state index contributed by atoms with van der Waals surface area (Å²) in [6, 6.07) is 6.87. The molecule has 3 rings (SSSR count). The Kier molecular flexibility index (Phi) is 2.96. The fourth-order valence-electron chi connectivity index (χ4n) is 1.80. The van der Waals surface area contributed by atoms with Crippen LogP contribution in [0.1, 0.15) is 18.7 Å². The lowest BCUT2D eigenvalue weighted by Gasteiger charge is -1.95. The summed E-state index contributed by atoms with van der Waals surface area (Å²) in [7, 11) is 0. The average Bonchev–Trinajstić information content (AvgIpc) is 3.13. The van der Waals surface area contributed by atoms with E-state index in [2.05, 4.69) is 15.5 Å². The molecular weight excluding hydrogens is 248 g/mol. The van der Waals surface area contributed by atoms with Crippen molar-refractivity contribution in [1.82, 2.24) is 10.2 Å². The molecule has 1 aliphatic rings. The van der Waals surface area contributed by atoms with Gasteiger partial charge in [0.05, 0.1) is 11.0 Å². The molecule has 19 heavy (non-hydrogen) atoms. The zero-order valence-corrected chi connectivity index (χ0v) is 10.2. The Balaban J connectivity index is 1.77. The number of nitrogens with two attached hydrogens (primary N) is 1. The zero-order valence-electron chi connectivity index (χ0n) is 10.2. The smallest absolute Gasteiger partial charge is 0.271 e. The van der Waals surface area contributed by atoms with Crippen LogP contribution in [0.15, 0.2) is 28.7 Å². The van der Waals surface area contributed by atoms with Gasteiger partial charge in [-0.3, -0.25) is 10.1 Å². The molecule has 0 amide bonds. The van der Waals surface area contributed by atoms with Crippen molar-refractivity contribution in [3.05, 3.63) is 40.3 Å². The van der Waals surface area contributed by atoms with Crippen molar-refractivity contribution in [3.63, 3.8) is 0 Å². The number of non-ortho nitro benzene ring substituents is 1. The average molecular weight is 261 g/mol. The Morgan fingerprint density at radius 2 is 2.26 bits per heavy atom. The first-order valence-electron chi connectivity index (χ1n) is 6.13. The van der Waals surface area contributed by atoms with Crippen molar-refractivity contribution < 1.29 is 14.7 Å². The van der Waals surface area contributed by atoms with Crippen LogP contribution in [0.25, 0.3) is 11.5 Å². The first-order valence-corrected chi connectivity index (χ1v) is 6.13. The fourth-order valence-corrected chi connectivity index (χ4v) is 1.80. The van der Waals surface area contributed by atoms with Gasteiger partial charge in [-0.25, -0.2) is 0 Å². The van der Waals surface area contributed by atoms with Gasteiger partial charge in [-0.15, -0.1) is 10.2 Å². The van der Waals surface area contributed by atoms with Crippen LogP contribution in [-0.2, 0) is 6.54 Å². The number of benzene rings is 1. The minimum atomic E-state index is -0.443. The maximum atomic E-state index is 10.7. The standard InChI is InChI=1S/C12H12N4O3/c17-16(18)10-3-1-2-8(6-10)12-15-14-11(19-12)7-13-9-4-5-9/h1-3,6,9,13H,4-5,7H2/p+1. The molecule has 0 radical (unpaired) electrons. The van der Waals surface area contributed by atoms with Gasteiger partial charge in [0, 0.05) is 30.5 Å². The highest BCUT2D eigenvalue weighted by molar-refractivity contribution is 5.57. The van der Waals surface area contributed by atoms with E-state index in [-0.39, 0.29) is 5.69 Å². The maximum absolute atomic E-state index is 10.7. The normalized spacial score (nSPS) is 14.5. The third-order valence-electron chi connectivity index (χ3n) is 3.02. The van der Waals surface area contributed by atoms with Crippen LogP contribution in [0, 0.1) is 10.1 Å². The van der Waals surface area contributed by atoms with Gasteiger partial charge in [-0.2, -0.15) is 0 Å².